The Bertz CT molecular complexity index is 1570. The second-order valence-corrected chi connectivity index (χ2v) is 10.8. The number of hydrogen-bond acceptors (Lipinski definition) is 8. The molecular weight excluding hydrogens is 513 g/mol. The van der Waals surface area contributed by atoms with E-state index < -0.39 is 5.54 Å². The van der Waals surface area contributed by atoms with Crippen molar-refractivity contribution in [2.24, 2.45) is 5.73 Å². The van der Waals surface area contributed by atoms with Gasteiger partial charge in [0, 0.05) is 29.8 Å². The third-order valence-electron chi connectivity index (χ3n) is 6.71. The Balaban J connectivity index is 1.50. The number of imidazole rings is 1. The largest absolute Gasteiger partial charge is 0.422 e. The molecular formula is C29H34FN7O3. The minimum Gasteiger partial charge on any atom is -0.422 e. The van der Waals surface area contributed by atoms with E-state index in [4.69, 9.17) is 19.6 Å². The highest BCUT2D eigenvalue weighted by atomic mass is 19.1. The van der Waals surface area contributed by atoms with Crippen LogP contribution in [-0.4, -0.2) is 57.1 Å². The number of aryl methyl sites for hydroxylation is 2. The van der Waals surface area contributed by atoms with E-state index in [1.807, 2.05) is 39.0 Å². The summed E-state index contributed by atoms with van der Waals surface area (Å²) in [5.41, 5.74) is 9.57. The van der Waals surface area contributed by atoms with Crippen molar-refractivity contribution < 1.29 is 18.3 Å². The number of nitrogens with one attached hydrogen (secondary N) is 2. The minimum atomic E-state index is -1.25. The highest BCUT2D eigenvalue weighted by Crippen LogP contribution is 2.35. The van der Waals surface area contributed by atoms with Crippen molar-refractivity contribution in [2.75, 3.05) is 26.9 Å². The molecule has 0 radical (unpaired) electrons. The van der Waals surface area contributed by atoms with E-state index in [1.165, 1.54) is 12.3 Å². The predicted molar refractivity (Wildman–Crippen MR) is 148 cm³/mol. The maximum absolute atomic E-state index is 13.3. The van der Waals surface area contributed by atoms with Crippen LogP contribution in [0.5, 0.6) is 0 Å². The zero-order valence-electron chi connectivity index (χ0n) is 23.1. The number of para-hydroxylation sites is 1. The van der Waals surface area contributed by atoms with Gasteiger partial charge in [-0.1, -0.05) is 39.0 Å². The number of fused-ring (bicyclic) bond motifs is 1. The molecule has 11 heteroatoms. The van der Waals surface area contributed by atoms with Gasteiger partial charge in [0.1, 0.15) is 11.6 Å². The summed E-state index contributed by atoms with van der Waals surface area (Å²) in [6.07, 6.45) is 4.09. The number of methoxy groups -OCH3 is 1. The molecule has 0 fully saturated rings. The SMILES string of the molecule is COCCOCC(N)(c1nnc(C(C)(C)C)o1)c1[nH]c2ccccc2c1CCc1ncc(-c2ccc(F)cn2)[nH]1. The van der Waals surface area contributed by atoms with Crippen molar-refractivity contribution in [3.8, 4) is 11.4 Å². The first-order valence-electron chi connectivity index (χ1n) is 13.1. The Morgan fingerprint density at radius 1 is 0.950 bits per heavy atom. The fourth-order valence-corrected chi connectivity index (χ4v) is 4.56. The van der Waals surface area contributed by atoms with Crippen LogP contribution in [0, 0.1) is 5.82 Å². The van der Waals surface area contributed by atoms with Crippen molar-refractivity contribution in [1.29, 1.82) is 0 Å². The summed E-state index contributed by atoms with van der Waals surface area (Å²) in [6, 6.07) is 11.0. The lowest BCUT2D eigenvalue weighted by Gasteiger charge is -2.26. The van der Waals surface area contributed by atoms with Crippen molar-refractivity contribution in [2.45, 2.75) is 44.6 Å². The molecule has 0 aliphatic rings. The Morgan fingerprint density at radius 2 is 1.75 bits per heavy atom. The number of benzene rings is 1. The summed E-state index contributed by atoms with van der Waals surface area (Å²) < 4.78 is 30.6. The van der Waals surface area contributed by atoms with Crippen molar-refractivity contribution >= 4 is 10.9 Å². The van der Waals surface area contributed by atoms with Crippen LogP contribution in [0.3, 0.4) is 0 Å². The molecule has 5 rings (SSSR count). The van der Waals surface area contributed by atoms with Gasteiger partial charge in [-0.15, -0.1) is 10.2 Å². The molecule has 0 saturated heterocycles. The predicted octanol–water partition coefficient (Wildman–Crippen LogP) is 4.42. The first kappa shape index (κ1) is 27.6. The zero-order chi connectivity index (χ0) is 28.3. The van der Waals surface area contributed by atoms with Gasteiger partial charge in [-0.2, -0.15) is 0 Å². The third-order valence-corrected chi connectivity index (χ3v) is 6.71. The van der Waals surface area contributed by atoms with Crippen LogP contribution in [0.2, 0.25) is 0 Å². The molecule has 4 heterocycles. The van der Waals surface area contributed by atoms with Gasteiger partial charge < -0.3 is 29.6 Å². The number of nitrogens with zero attached hydrogens (tertiary/aromatic N) is 4. The Morgan fingerprint density at radius 3 is 2.48 bits per heavy atom. The number of aromatic amines is 2. The highest BCUT2D eigenvalue weighted by Gasteiger charge is 2.41. The number of ether oxygens (including phenoxy) is 2. The first-order valence-corrected chi connectivity index (χ1v) is 13.1. The van der Waals surface area contributed by atoms with Gasteiger partial charge in [0.2, 0.25) is 11.8 Å². The molecule has 0 bridgehead atoms. The van der Waals surface area contributed by atoms with E-state index in [-0.39, 0.29) is 23.7 Å². The number of nitrogens with two attached hydrogens (primary N) is 1. The molecule has 0 aliphatic heterocycles. The molecule has 210 valence electrons. The quantitative estimate of drug-likeness (QED) is 0.206. The molecule has 10 nitrogen and oxygen atoms in total. The van der Waals surface area contributed by atoms with Gasteiger partial charge in [-0.25, -0.2) is 9.37 Å². The molecule has 40 heavy (non-hydrogen) atoms. The third kappa shape index (κ3) is 5.67. The average molecular weight is 548 g/mol. The molecule has 0 saturated carbocycles. The van der Waals surface area contributed by atoms with Crippen LogP contribution in [-0.2, 0) is 33.3 Å². The molecule has 0 amide bonds. The van der Waals surface area contributed by atoms with Crippen molar-refractivity contribution in [1.82, 2.24) is 30.1 Å². The van der Waals surface area contributed by atoms with E-state index in [2.05, 4.69) is 36.2 Å². The maximum Gasteiger partial charge on any atom is 0.244 e. The molecule has 4 aromatic heterocycles. The lowest BCUT2D eigenvalue weighted by molar-refractivity contribution is 0.0435. The van der Waals surface area contributed by atoms with Crippen LogP contribution in [0.15, 0.2) is 53.2 Å². The fraction of sp³-hybridized carbons (Fsp3) is 0.379. The second-order valence-electron chi connectivity index (χ2n) is 10.8. The van der Waals surface area contributed by atoms with E-state index in [0.717, 1.165) is 33.7 Å². The standard InChI is InChI=1S/C29H34FN7O3/c1-28(2,3)26-36-37-27(40-26)29(31,17-39-14-13-38-4)25-20(19-7-5-6-8-21(19)35-25)10-12-24-33-16-23(34-24)22-11-9-18(30)15-32-22/h5-9,11,15-16,35H,10,12-14,17,31H2,1-4H3,(H,33,34). The molecule has 1 atom stereocenters. The Hall–Kier alpha value is -3.93. The average Bonchev–Trinajstić information content (AvgIpc) is 3.69. The van der Waals surface area contributed by atoms with E-state index >= 15 is 0 Å². The van der Waals surface area contributed by atoms with Crippen molar-refractivity contribution in [3.63, 3.8) is 0 Å². The smallest absolute Gasteiger partial charge is 0.244 e. The summed E-state index contributed by atoms with van der Waals surface area (Å²) in [6.45, 7) is 6.90. The highest BCUT2D eigenvalue weighted by molar-refractivity contribution is 5.85. The van der Waals surface area contributed by atoms with Crippen LogP contribution in [0.25, 0.3) is 22.3 Å². The van der Waals surface area contributed by atoms with Crippen LogP contribution in [0.4, 0.5) is 4.39 Å². The lowest BCUT2D eigenvalue weighted by Crippen LogP contribution is -2.44. The van der Waals surface area contributed by atoms with Crippen LogP contribution < -0.4 is 5.73 Å². The molecule has 4 N–H and O–H groups in total. The number of H-pyrrole nitrogens is 2. The van der Waals surface area contributed by atoms with E-state index in [9.17, 15) is 4.39 Å². The first-order chi connectivity index (χ1) is 19.2. The normalized spacial score (nSPS) is 13.7. The summed E-state index contributed by atoms with van der Waals surface area (Å²) in [5, 5.41) is 9.71. The minimum absolute atomic E-state index is 0.100. The lowest BCUT2D eigenvalue weighted by atomic mass is 9.91. The second kappa shape index (κ2) is 11.3. The molecule has 1 unspecified atom stereocenters. The van der Waals surface area contributed by atoms with Crippen molar-refractivity contribution in [3.05, 3.63) is 83.5 Å². The number of hydrogen-bond donors (Lipinski definition) is 3. The molecule has 0 spiro atoms. The molecule has 5 aromatic rings. The monoisotopic (exact) mass is 547 g/mol. The molecule has 0 aliphatic carbocycles. The fourth-order valence-electron chi connectivity index (χ4n) is 4.56. The number of rotatable bonds is 11. The van der Waals surface area contributed by atoms with Gasteiger partial charge >= 0.3 is 0 Å². The van der Waals surface area contributed by atoms with Gasteiger partial charge in [0.25, 0.3) is 0 Å². The Labute approximate surface area is 231 Å². The summed E-state index contributed by atoms with van der Waals surface area (Å²) in [4.78, 5) is 15.5. The van der Waals surface area contributed by atoms with Crippen LogP contribution in [0.1, 0.15) is 49.6 Å². The van der Waals surface area contributed by atoms with E-state index in [0.29, 0.717) is 37.6 Å². The maximum atomic E-state index is 13.3. The zero-order valence-corrected chi connectivity index (χ0v) is 23.1. The molecule has 1 aromatic carbocycles. The van der Waals surface area contributed by atoms with Gasteiger partial charge in [0.15, 0.2) is 5.54 Å². The Kier molecular flexibility index (Phi) is 7.79. The summed E-state index contributed by atoms with van der Waals surface area (Å²) >= 11 is 0. The van der Waals surface area contributed by atoms with Gasteiger partial charge in [-0.05, 0) is 30.2 Å². The summed E-state index contributed by atoms with van der Waals surface area (Å²) in [7, 11) is 1.62. The van der Waals surface area contributed by atoms with Gasteiger partial charge in [0.05, 0.1) is 49.3 Å². The number of pyridine rings is 1. The van der Waals surface area contributed by atoms with Crippen LogP contribution >= 0.6 is 0 Å². The summed E-state index contributed by atoms with van der Waals surface area (Å²) in [5.74, 6) is 1.14. The van der Waals surface area contributed by atoms with Gasteiger partial charge in [-0.3, -0.25) is 4.98 Å². The number of aromatic nitrogens is 6. The van der Waals surface area contributed by atoms with E-state index in [1.54, 1.807) is 19.4 Å². The number of halogens is 1. The topological polar surface area (TPSA) is 141 Å².